The maximum Gasteiger partial charge on any atom is 0.315 e. The van der Waals surface area contributed by atoms with Gasteiger partial charge in [0.25, 0.3) is 0 Å². The first-order valence-electron chi connectivity index (χ1n) is 5.91. The first-order chi connectivity index (χ1) is 7.26. The van der Waals surface area contributed by atoms with Crippen LogP contribution < -0.4 is 10.6 Å². The van der Waals surface area contributed by atoms with Crippen LogP contribution in [0.4, 0.5) is 4.79 Å². The maximum atomic E-state index is 11.4. The van der Waals surface area contributed by atoms with Gasteiger partial charge < -0.3 is 15.7 Å². The van der Waals surface area contributed by atoms with E-state index < -0.39 is 0 Å². The molecule has 1 fully saturated rings. The number of aliphatic hydroxyl groups excluding tert-OH is 1. The lowest BCUT2D eigenvalue weighted by Crippen LogP contribution is -2.44. The first-order valence-corrected chi connectivity index (χ1v) is 5.91. The van der Waals surface area contributed by atoms with E-state index in [1.807, 2.05) is 6.92 Å². The number of carbonyl (C=O) groups is 1. The normalized spacial score (nSPS) is 18.8. The second kappa shape index (κ2) is 6.67. The van der Waals surface area contributed by atoms with Gasteiger partial charge in [-0.15, -0.1) is 0 Å². The Morgan fingerprint density at radius 2 is 2.13 bits per heavy atom. The summed E-state index contributed by atoms with van der Waals surface area (Å²) in [6.07, 6.45) is 5.81. The van der Waals surface area contributed by atoms with E-state index in [4.69, 9.17) is 5.11 Å². The Hall–Kier alpha value is -0.770. The third-order valence-corrected chi connectivity index (χ3v) is 3.07. The lowest BCUT2D eigenvalue weighted by molar-refractivity contribution is 0.213. The van der Waals surface area contributed by atoms with E-state index in [0.29, 0.717) is 5.92 Å². The van der Waals surface area contributed by atoms with Gasteiger partial charge in [-0.05, 0) is 25.2 Å². The van der Waals surface area contributed by atoms with Gasteiger partial charge in [-0.25, -0.2) is 4.79 Å². The summed E-state index contributed by atoms with van der Waals surface area (Å²) < 4.78 is 0. The van der Waals surface area contributed by atoms with Gasteiger partial charge in [-0.3, -0.25) is 0 Å². The zero-order chi connectivity index (χ0) is 11.1. The number of carbonyl (C=O) groups excluding carboxylic acids is 1. The molecule has 1 saturated carbocycles. The van der Waals surface area contributed by atoms with Gasteiger partial charge >= 0.3 is 6.03 Å². The van der Waals surface area contributed by atoms with Gasteiger partial charge in [-0.2, -0.15) is 0 Å². The minimum Gasteiger partial charge on any atom is -0.394 e. The molecule has 0 saturated heterocycles. The molecule has 88 valence electrons. The standard InChI is InChI=1S/C11H22N2O2/c1-2-10(8-14)13-11(15)12-7-9-5-3-4-6-9/h9-10,14H,2-8H2,1H3,(H2,12,13,15). The monoisotopic (exact) mass is 214 g/mol. The van der Waals surface area contributed by atoms with Crippen molar-refractivity contribution >= 4 is 6.03 Å². The van der Waals surface area contributed by atoms with E-state index in [2.05, 4.69) is 10.6 Å². The van der Waals surface area contributed by atoms with E-state index in [1.54, 1.807) is 0 Å². The average molecular weight is 214 g/mol. The summed E-state index contributed by atoms with van der Waals surface area (Å²) in [5.41, 5.74) is 0. The van der Waals surface area contributed by atoms with Gasteiger partial charge in [0.15, 0.2) is 0 Å². The van der Waals surface area contributed by atoms with Crippen molar-refractivity contribution in [2.24, 2.45) is 5.92 Å². The van der Waals surface area contributed by atoms with Crippen LogP contribution in [-0.4, -0.2) is 30.3 Å². The lowest BCUT2D eigenvalue weighted by Gasteiger charge is -2.16. The summed E-state index contributed by atoms with van der Waals surface area (Å²) in [4.78, 5) is 11.4. The van der Waals surface area contributed by atoms with E-state index >= 15 is 0 Å². The van der Waals surface area contributed by atoms with Gasteiger partial charge in [0.05, 0.1) is 12.6 Å². The van der Waals surface area contributed by atoms with Crippen molar-refractivity contribution in [3.8, 4) is 0 Å². The Labute approximate surface area is 91.4 Å². The van der Waals surface area contributed by atoms with Crippen molar-refractivity contribution in [1.82, 2.24) is 10.6 Å². The maximum absolute atomic E-state index is 11.4. The summed E-state index contributed by atoms with van der Waals surface area (Å²) in [7, 11) is 0. The van der Waals surface area contributed by atoms with E-state index in [1.165, 1.54) is 25.7 Å². The molecule has 0 aromatic heterocycles. The molecule has 15 heavy (non-hydrogen) atoms. The Kier molecular flexibility index (Phi) is 5.47. The fraction of sp³-hybridized carbons (Fsp3) is 0.909. The van der Waals surface area contributed by atoms with Crippen molar-refractivity contribution in [1.29, 1.82) is 0 Å². The molecule has 2 amide bonds. The molecule has 0 aliphatic heterocycles. The van der Waals surface area contributed by atoms with E-state index in [9.17, 15) is 4.79 Å². The predicted molar refractivity (Wildman–Crippen MR) is 59.7 cm³/mol. The van der Waals surface area contributed by atoms with Crippen LogP contribution in [0, 0.1) is 5.92 Å². The molecule has 3 N–H and O–H groups in total. The minimum atomic E-state index is -0.150. The van der Waals surface area contributed by atoms with Crippen molar-refractivity contribution in [2.75, 3.05) is 13.2 Å². The molecule has 1 rings (SSSR count). The number of rotatable bonds is 5. The van der Waals surface area contributed by atoms with Crippen LogP contribution in [0.25, 0.3) is 0 Å². The van der Waals surface area contributed by atoms with Crippen LogP contribution in [0.2, 0.25) is 0 Å². The van der Waals surface area contributed by atoms with Gasteiger partial charge in [-0.1, -0.05) is 19.8 Å². The number of hydrogen-bond donors (Lipinski definition) is 3. The van der Waals surface area contributed by atoms with Crippen molar-refractivity contribution < 1.29 is 9.90 Å². The molecule has 1 aliphatic carbocycles. The number of nitrogens with one attached hydrogen (secondary N) is 2. The van der Waals surface area contributed by atoms with Crippen LogP contribution in [0.1, 0.15) is 39.0 Å². The van der Waals surface area contributed by atoms with Crippen molar-refractivity contribution in [3.05, 3.63) is 0 Å². The van der Waals surface area contributed by atoms with Crippen molar-refractivity contribution in [2.45, 2.75) is 45.1 Å². The number of aliphatic hydroxyl groups is 1. The second-order valence-corrected chi connectivity index (χ2v) is 4.29. The molecule has 1 unspecified atom stereocenters. The molecule has 4 nitrogen and oxygen atoms in total. The topological polar surface area (TPSA) is 61.4 Å². The predicted octanol–water partition coefficient (Wildman–Crippen LogP) is 1.25. The lowest BCUT2D eigenvalue weighted by atomic mass is 10.1. The molecule has 1 atom stereocenters. The van der Waals surface area contributed by atoms with Gasteiger partial charge in [0.2, 0.25) is 0 Å². The molecule has 0 aromatic rings. The molecule has 1 aliphatic rings. The van der Waals surface area contributed by atoms with Crippen LogP contribution in [0.15, 0.2) is 0 Å². The van der Waals surface area contributed by atoms with E-state index in [0.717, 1.165) is 13.0 Å². The molecule has 0 aromatic carbocycles. The molecule has 0 spiro atoms. The van der Waals surface area contributed by atoms with Gasteiger partial charge in [0.1, 0.15) is 0 Å². The molecule has 0 bridgehead atoms. The number of amides is 2. The highest BCUT2D eigenvalue weighted by molar-refractivity contribution is 5.74. The highest BCUT2D eigenvalue weighted by atomic mass is 16.3. The van der Waals surface area contributed by atoms with Crippen LogP contribution in [-0.2, 0) is 0 Å². The molecular weight excluding hydrogens is 192 g/mol. The molecule has 0 radical (unpaired) electrons. The molecule has 0 heterocycles. The Bertz CT molecular complexity index is 187. The summed E-state index contributed by atoms with van der Waals surface area (Å²) in [5.74, 6) is 0.657. The summed E-state index contributed by atoms with van der Waals surface area (Å²) in [6, 6.07) is -0.267. The second-order valence-electron chi connectivity index (χ2n) is 4.29. The van der Waals surface area contributed by atoms with Crippen LogP contribution in [0.5, 0.6) is 0 Å². The molecule has 4 heteroatoms. The Balaban J connectivity index is 2.11. The quantitative estimate of drug-likeness (QED) is 0.645. The zero-order valence-electron chi connectivity index (χ0n) is 9.46. The fourth-order valence-electron chi connectivity index (χ4n) is 1.96. The summed E-state index contributed by atoms with van der Waals surface area (Å²) in [5, 5.41) is 14.5. The van der Waals surface area contributed by atoms with Crippen LogP contribution >= 0.6 is 0 Å². The highest BCUT2D eigenvalue weighted by Gasteiger charge is 2.16. The summed E-state index contributed by atoms with van der Waals surface area (Å²) >= 11 is 0. The van der Waals surface area contributed by atoms with Gasteiger partial charge in [0, 0.05) is 6.54 Å². The van der Waals surface area contributed by atoms with Crippen LogP contribution in [0.3, 0.4) is 0 Å². The SMILES string of the molecule is CCC(CO)NC(=O)NCC1CCCC1. The third-order valence-electron chi connectivity index (χ3n) is 3.07. The zero-order valence-corrected chi connectivity index (χ0v) is 9.46. The first kappa shape index (κ1) is 12.3. The highest BCUT2D eigenvalue weighted by Crippen LogP contribution is 2.23. The Morgan fingerprint density at radius 3 is 2.67 bits per heavy atom. The summed E-state index contributed by atoms with van der Waals surface area (Å²) in [6.45, 7) is 2.72. The number of hydrogen-bond acceptors (Lipinski definition) is 2. The largest absolute Gasteiger partial charge is 0.394 e. The smallest absolute Gasteiger partial charge is 0.315 e. The fourth-order valence-corrected chi connectivity index (χ4v) is 1.96. The third kappa shape index (κ3) is 4.51. The minimum absolute atomic E-state index is 0.00729. The average Bonchev–Trinajstić information content (AvgIpc) is 2.75. The Morgan fingerprint density at radius 1 is 1.47 bits per heavy atom. The molecular formula is C11H22N2O2. The van der Waals surface area contributed by atoms with E-state index in [-0.39, 0.29) is 18.7 Å². The van der Waals surface area contributed by atoms with Crippen molar-refractivity contribution in [3.63, 3.8) is 0 Å². The number of urea groups is 1.